The SMILES string of the molecule is C[C@]12CC[C@@H]3c4ccc(O)cc4[C@H](c4ccccc4)C[C@H]3[C@@H]1CCC2=O. The highest BCUT2D eigenvalue weighted by Crippen LogP contribution is 2.62. The zero-order valence-electron chi connectivity index (χ0n) is 15.3. The van der Waals surface area contributed by atoms with Crippen LogP contribution in [0.4, 0.5) is 0 Å². The zero-order chi connectivity index (χ0) is 17.9. The summed E-state index contributed by atoms with van der Waals surface area (Å²) in [5, 5.41) is 10.1. The van der Waals surface area contributed by atoms with Gasteiger partial charge in [0.15, 0.2) is 0 Å². The first kappa shape index (κ1) is 16.1. The maximum absolute atomic E-state index is 12.6. The van der Waals surface area contributed by atoms with Crippen LogP contribution in [0.1, 0.15) is 67.6 Å². The van der Waals surface area contributed by atoms with Gasteiger partial charge in [0, 0.05) is 17.8 Å². The third-order valence-electron chi connectivity index (χ3n) is 7.70. The molecular weight excluding hydrogens is 320 g/mol. The Morgan fingerprint density at radius 2 is 1.85 bits per heavy atom. The monoisotopic (exact) mass is 346 g/mol. The molecule has 0 amide bonds. The average Bonchev–Trinajstić information content (AvgIpc) is 2.96. The predicted octanol–water partition coefficient (Wildman–Crippen LogP) is 5.41. The van der Waals surface area contributed by atoms with Gasteiger partial charge < -0.3 is 5.11 Å². The van der Waals surface area contributed by atoms with Crippen molar-refractivity contribution in [2.45, 2.75) is 50.9 Å². The van der Waals surface area contributed by atoms with Gasteiger partial charge in [-0.2, -0.15) is 0 Å². The van der Waals surface area contributed by atoms with E-state index in [9.17, 15) is 9.90 Å². The second-order valence-electron chi connectivity index (χ2n) is 8.81. The van der Waals surface area contributed by atoms with Crippen LogP contribution in [0.3, 0.4) is 0 Å². The molecule has 3 aliphatic rings. The Bertz CT molecular complexity index is 856. The fourth-order valence-corrected chi connectivity index (χ4v) is 6.38. The quantitative estimate of drug-likeness (QED) is 0.750. The Balaban J connectivity index is 1.63. The van der Waals surface area contributed by atoms with E-state index >= 15 is 0 Å². The molecule has 5 rings (SSSR count). The predicted molar refractivity (Wildman–Crippen MR) is 102 cm³/mol. The molecule has 2 heteroatoms. The maximum atomic E-state index is 12.6. The van der Waals surface area contributed by atoms with E-state index in [1.54, 1.807) is 0 Å². The van der Waals surface area contributed by atoms with Crippen LogP contribution in [-0.2, 0) is 4.79 Å². The lowest BCUT2D eigenvalue weighted by atomic mass is 9.53. The lowest BCUT2D eigenvalue weighted by Gasteiger charge is -2.50. The summed E-state index contributed by atoms with van der Waals surface area (Å²) in [6.45, 7) is 2.23. The number of Topliss-reactive ketones (excluding diaryl/α,β-unsaturated/α-hetero) is 1. The summed E-state index contributed by atoms with van der Waals surface area (Å²) in [5.74, 6) is 2.80. The molecule has 0 heterocycles. The zero-order valence-corrected chi connectivity index (χ0v) is 15.3. The van der Waals surface area contributed by atoms with E-state index in [0.29, 0.717) is 35.2 Å². The van der Waals surface area contributed by atoms with Crippen LogP contribution in [-0.4, -0.2) is 10.9 Å². The summed E-state index contributed by atoms with van der Waals surface area (Å²) in [4.78, 5) is 12.6. The molecule has 2 nitrogen and oxygen atoms in total. The Hall–Kier alpha value is -2.09. The molecule has 2 fully saturated rings. The van der Waals surface area contributed by atoms with Crippen molar-refractivity contribution in [2.24, 2.45) is 17.3 Å². The molecule has 0 unspecified atom stereocenters. The van der Waals surface area contributed by atoms with Crippen molar-refractivity contribution in [3.8, 4) is 5.75 Å². The number of hydrogen-bond acceptors (Lipinski definition) is 2. The topological polar surface area (TPSA) is 37.3 Å². The van der Waals surface area contributed by atoms with Crippen LogP contribution in [0.15, 0.2) is 48.5 Å². The van der Waals surface area contributed by atoms with E-state index in [0.717, 1.165) is 32.1 Å². The number of rotatable bonds is 1. The van der Waals surface area contributed by atoms with E-state index < -0.39 is 0 Å². The first-order valence-electron chi connectivity index (χ1n) is 9.99. The van der Waals surface area contributed by atoms with Crippen molar-refractivity contribution in [1.29, 1.82) is 0 Å². The molecule has 2 aromatic rings. The van der Waals surface area contributed by atoms with E-state index in [1.807, 2.05) is 12.1 Å². The average molecular weight is 346 g/mol. The highest BCUT2D eigenvalue weighted by atomic mass is 16.3. The maximum Gasteiger partial charge on any atom is 0.139 e. The number of fused-ring (bicyclic) bond motifs is 5. The summed E-state index contributed by atoms with van der Waals surface area (Å²) < 4.78 is 0. The molecule has 0 aliphatic heterocycles. The second-order valence-corrected chi connectivity index (χ2v) is 8.81. The number of hydrogen-bond donors (Lipinski definition) is 1. The molecular formula is C24H26O2. The number of benzene rings is 2. The van der Waals surface area contributed by atoms with Gasteiger partial charge in [-0.1, -0.05) is 43.3 Å². The second kappa shape index (κ2) is 5.70. The summed E-state index contributed by atoms with van der Waals surface area (Å²) >= 11 is 0. The molecule has 5 atom stereocenters. The Kier molecular flexibility index (Phi) is 3.53. The number of phenols is 1. The van der Waals surface area contributed by atoms with Gasteiger partial charge in [0.05, 0.1) is 0 Å². The molecule has 0 spiro atoms. The van der Waals surface area contributed by atoms with Crippen molar-refractivity contribution in [3.05, 3.63) is 65.2 Å². The highest BCUT2D eigenvalue weighted by molar-refractivity contribution is 5.87. The highest BCUT2D eigenvalue weighted by Gasteiger charge is 2.55. The van der Waals surface area contributed by atoms with Gasteiger partial charge in [-0.3, -0.25) is 4.79 Å². The molecule has 26 heavy (non-hydrogen) atoms. The van der Waals surface area contributed by atoms with Crippen LogP contribution >= 0.6 is 0 Å². The largest absolute Gasteiger partial charge is 0.508 e. The van der Waals surface area contributed by atoms with Gasteiger partial charge in [0.2, 0.25) is 0 Å². The Morgan fingerprint density at radius 3 is 2.65 bits per heavy atom. The fraction of sp³-hybridized carbons (Fsp3) is 0.458. The van der Waals surface area contributed by atoms with Gasteiger partial charge in [-0.15, -0.1) is 0 Å². The Morgan fingerprint density at radius 1 is 1.04 bits per heavy atom. The van der Waals surface area contributed by atoms with E-state index in [4.69, 9.17) is 0 Å². The fourth-order valence-electron chi connectivity index (χ4n) is 6.38. The van der Waals surface area contributed by atoms with Crippen LogP contribution in [0.2, 0.25) is 0 Å². The van der Waals surface area contributed by atoms with Crippen molar-refractivity contribution in [1.82, 2.24) is 0 Å². The third-order valence-corrected chi connectivity index (χ3v) is 7.70. The first-order chi connectivity index (χ1) is 12.6. The van der Waals surface area contributed by atoms with Gasteiger partial charge in [-0.05, 0) is 72.3 Å². The van der Waals surface area contributed by atoms with Crippen LogP contribution < -0.4 is 0 Å². The smallest absolute Gasteiger partial charge is 0.139 e. The molecule has 1 N–H and O–H groups in total. The lowest BCUT2D eigenvalue weighted by molar-refractivity contribution is -0.129. The number of aromatic hydroxyl groups is 1. The third kappa shape index (κ3) is 2.21. The molecule has 2 aromatic carbocycles. The Labute approximate surface area is 155 Å². The summed E-state index contributed by atoms with van der Waals surface area (Å²) in [5.41, 5.74) is 3.94. The number of phenolic OH excluding ortho intramolecular Hbond substituents is 1. The molecule has 0 radical (unpaired) electrons. The standard InChI is InChI=1S/C24H26O2/c1-24-12-11-18-17-8-7-16(25)13-20(17)19(15-5-3-2-4-6-15)14-21(18)22(24)9-10-23(24)26/h2-8,13,18-19,21-22,25H,9-12,14H2,1H3/t18-,19+,21-,22+,24+/m1/s1. The number of carbonyl (C=O) groups excluding carboxylic acids is 1. The lowest BCUT2D eigenvalue weighted by Crippen LogP contribution is -2.43. The van der Waals surface area contributed by atoms with Gasteiger partial charge in [0.25, 0.3) is 0 Å². The summed E-state index contributed by atoms with van der Waals surface area (Å²) in [6.07, 6.45) is 5.05. The molecule has 3 aliphatic carbocycles. The minimum absolute atomic E-state index is 0.100. The summed E-state index contributed by atoms with van der Waals surface area (Å²) in [7, 11) is 0. The number of ketones is 1. The van der Waals surface area contributed by atoms with E-state index in [-0.39, 0.29) is 5.41 Å². The van der Waals surface area contributed by atoms with Crippen LogP contribution in [0.5, 0.6) is 5.75 Å². The van der Waals surface area contributed by atoms with Gasteiger partial charge in [0.1, 0.15) is 11.5 Å². The number of carbonyl (C=O) groups is 1. The van der Waals surface area contributed by atoms with E-state index in [2.05, 4.69) is 43.3 Å². The van der Waals surface area contributed by atoms with Crippen molar-refractivity contribution in [3.63, 3.8) is 0 Å². The minimum Gasteiger partial charge on any atom is -0.508 e. The van der Waals surface area contributed by atoms with Crippen molar-refractivity contribution < 1.29 is 9.90 Å². The molecule has 2 saturated carbocycles. The normalized spacial score (nSPS) is 35.5. The summed E-state index contributed by atoms with van der Waals surface area (Å²) in [6, 6.07) is 16.7. The minimum atomic E-state index is -0.100. The van der Waals surface area contributed by atoms with Crippen LogP contribution in [0.25, 0.3) is 0 Å². The van der Waals surface area contributed by atoms with Crippen LogP contribution in [0, 0.1) is 17.3 Å². The van der Waals surface area contributed by atoms with Gasteiger partial charge in [-0.25, -0.2) is 0 Å². The molecule has 0 aromatic heterocycles. The van der Waals surface area contributed by atoms with Crippen molar-refractivity contribution in [2.75, 3.05) is 0 Å². The van der Waals surface area contributed by atoms with Crippen molar-refractivity contribution >= 4 is 5.78 Å². The van der Waals surface area contributed by atoms with E-state index in [1.165, 1.54) is 16.7 Å². The molecule has 0 bridgehead atoms. The first-order valence-corrected chi connectivity index (χ1v) is 9.99. The van der Waals surface area contributed by atoms with Gasteiger partial charge >= 0.3 is 0 Å². The molecule has 134 valence electrons. The molecule has 0 saturated heterocycles.